The van der Waals surface area contributed by atoms with Crippen LogP contribution in [0.3, 0.4) is 0 Å². The highest BCUT2D eigenvalue weighted by atomic mass is 16.6. The summed E-state index contributed by atoms with van der Waals surface area (Å²) in [6, 6.07) is 9.78. The topological polar surface area (TPSA) is 46.6 Å². The highest BCUT2D eigenvalue weighted by Crippen LogP contribution is 2.32. The molecule has 4 nitrogen and oxygen atoms in total. The quantitative estimate of drug-likeness (QED) is 0.832. The summed E-state index contributed by atoms with van der Waals surface area (Å²) in [6.07, 6.45) is 3.67. The van der Waals surface area contributed by atoms with Gasteiger partial charge in [0.25, 0.3) is 0 Å². The Bertz CT molecular complexity index is 484. The predicted molar refractivity (Wildman–Crippen MR) is 74.1 cm³/mol. The maximum atomic E-state index is 12.3. The third kappa shape index (κ3) is 2.69. The monoisotopic (exact) mass is 273 g/mol. The first-order chi connectivity index (χ1) is 9.74. The molecular weight excluding hydrogens is 254 g/mol. The fraction of sp³-hybridized carbons (Fsp3) is 0.500. The summed E-state index contributed by atoms with van der Waals surface area (Å²) in [6.45, 7) is 0.295. The third-order valence-electron chi connectivity index (χ3n) is 4.20. The van der Waals surface area contributed by atoms with Crippen LogP contribution >= 0.6 is 0 Å². The fourth-order valence-electron chi connectivity index (χ4n) is 3.27. The third-order valence-corrected chi connectivity index (χ3v) is 4.20. The van der Waals surface area contributed by atoms with Gasteiger partial charge < -0.3 is 9.64 Å². The summed E-state index contributed by atoms with van der Waals surface area (Å²) >= 11 is 0. The van der Waals surface area contributed by atoms with Crippen LogP contribution in [0.15, 0.2) is 30.3 Å². The molecule has 0 spiro atoms. The van der Waals surface area contributed by atoms with E-state index in [4.69, 9.17) is 4.74 Å². The summed E-state index contributed by atoms with van der Waals surface area (Å²) < 4.78 is 5.41. The second-order valence-corrected chi connectivity index (χ2v) is 5.63. The number of ketones is 1. The number of Topliss-reactive ketones (excluding diaryl/α,β-unsaturated/α-hetero) is 1. The molecule has 2 atom stereocenters. The highest BCUT2D eigenvalue weighted by molar-refractivity contribution is 5.83. The zero-order valence-corrected chi connectivity index (χ0v) is 11.5. The van der Waals surface area contributed by atoms with Crippen LogP contribution in [0.4, 0.5) is 4.79 Å². The minimum Gasteiger partial charge on any atom is -0.445 e. The molecule has 1 aromatic carbocycles. The molecule has 106 valence electrons. The van der Waals surface area contributed by atoms with Crippen LogP contribution in [-0.4, -0.2) is 28.9 Å². The number of hydrogen-bond donors (Lipinski definition) is 0. The van der Waals surface area contributed by atoms with Crippen molar-refractivity contribution in [1.82, 2.24) is 4.90 Å². The standard InChI is InChI=1S/C16H19NO3/c18-15-9-13-7-4-8-14(10-15)17(13)16(19)20-11-12-5-2-1-3-6-12/h1-3,5-6,13-14H,4,7-11H2. The molecule has 0 radical (unpaired) electrons. The molecule has 2 heterocycles. The summed E-state index contributed by atoms with van der Waals surface area (Å²) in [5.41, 5.74) is 0.985. The minimum atomic E-state index is -0.268. The van der Waals surface area contributed by atoms with Crippen LogP contribution in [0.25, 0.3) is 0 Å². The highest BCUT2D eigenvalue weighted by Gasteiger charge is 2.41. The molecule has 0 aromatic heterocycles. The van der Waals surface area contributed by atoms with Crippen molar-refractivity contribution >= 4 is 11.9 Å². The molecule has 0 aliphatic carbocycles. The maximum absolute atomic E-state index is 12.3. The van der Waals surface area contributed by atoms with Crippen LogP contribution in [0.1, 0.15) is 37.7 Å². The SMILES string of the molecule is O=C1CC2CCCC(C1)N2C(=O)OCc1ccccc1. The molecule has 2 aliphatic rings. The number of piperidine rings is 2. The molecule has 3 rings (SSSR count). The molecule has 0 saturated carbocycles. The van der Waals surface area contributed by atoms with E-state index < -0.39 is 0 Å². The molecule has 2 saturated heterocycles. The van der Waals surface area contributed by atoms with Gasteiger partial charge in [0.15, 0.2) is 0 Å². The zero-order chi connectivity index (χ0) is 13.9. The molecular formula is C16H19NO3. The fourth-order valence-corrected chi connectivity index (χ4v) is 3.27. The van der Waals surface area contributed by atoms with Crippen molar-refractivity contribution in [2.24, 2.45) is 0 Å². The first-order valence-corrected chi connectivity index (χ1v) is 7.25. The van der Waals surface area contributed by atoms with Crippen LogP contribution < -0.4 is 0 Å². The number of rotatable bonds is 2. The van der Waals surface area contributed by atoms with Gasteiger partial charge in [0, 0.05) is 24.9 Å². The zero-order valence-electron chi connectivity index (χ0n) is 11.5. The largest absolute Gasteiger partial charge is 0.445 e. The number of fused-ring (bicyclic) bond motifs is 2. The van der Waals surface area contributed by atoms with E-state index in [1.54, 1.807) is 0 Å². The lowest BCUT2D eigenvalue weighted by molar-refractivity contribution is -0.126. The first kappa shape index (κ1) is 13.2. The lowest BCUT2D eigenvalue weighted by atomic mass is 9.84. The molecule has 2 unspecified atom stereocenters. The lowest BCUT2D eigenvalue weighted by Crippen LogP contribution is -2.55. The van der Waals surface area contributed by atoms with Crippen molar-refractivity contribution in [3.8, 4) is 0 Å². The molecule has 1 amide bonds. The second-order valence-electron chi connectivity index (χ2n) is 5.63. The normalized spacial score (nSPS) is 25.4. The number of nitrogens with zero attached hydrogens (tertiary/aromatic N) is 1. The van der Waals surface area contributed by atoms with Crippen molar-refractivity contribution in [1.29, 1.82) is 0 Å². The number of carbonyl (C=O) groups excluding carboxylic acids is 2. The Balaban J connectivity index is 1.63. The van der Waals surface area contributed by atoms with Gasteiger partial charge in [0.05, 0.1) is 0 Å². The molecule has 1 aromatic rings. The van der Waals surface area contributed by atoms with Crippen molar-refractivity contribution in [2.75, 3.05) is 0 Å². The van der Waals surface area contributed by atoms with Crippen molar-refractivity contribution < 1.29 is 14.3 Å². The van der Waals surface area contributed by atoms with Gasteiger partial charge in [-0.3, -0.25) is 4.79 Å². The first-order valence-electron chi connectivity index (χ1n) is 7.25. The van der Waals surface area contributed by atoms with E-state index in [9.17, 15) is 9.59 Å². The van der Waals surface area contributed by atoms with E-state index in [0.717, 1.165) is 24.8 Å². The smallest absolute Gasteiger partial charge is 0.410 e. The Morgan fingerprint density at radius 2 is 1.80 bits per heavy atom. The van der Waals surface area contributed by atoms with Gasteiger partial charge in [-0.2, -0.15) is 0 Å². The van der Waals surface area contributed by atoms with E-state index >= 15 is 0 Å². The Labute approximate surface area is 118 Å². The number of ether oxygens (including phenoxy) is 1. The van der Waals surface area contributed by atoms with Crippen LogP contribution in [-0.2, 0) is 16.1 Å². The average Bonchev–Trinajstić information content (AvgIpc) is 2.45. The van der Waals surface area contributed by atoms with Crippen molar-refractivity contribution in [3.63, 3.8) is 0 Å². The summed E-state index contributed by atoms with van der Waals surface area (Å²) in [5.74, 6) is 0.284. The second kappa shape index (κ2) is 5.65. The van der Waals surface area contributed by atoms with Gasteiger partial charge in [0.1, 0.15) is 12.4 Å². The van der Waals surface area contributed by atoms with Crippen molar-refractivity contribution in [2.45, 2.75) is 50.8 Å². The Hall–Kier alpha value is -1.84. The van der Waals surface area contributed by atoms with Gasteiger partial charge in [-0.1, -0.05) is 30.3 Å². The van der Waals surface area contributed by atoms with E-state index in [-0.39, 0.29) is 24.0 Å². The van der Waals surface area contributed by atoms with Crippen molar-refractivity contribution in [3.05, 3.63) is 35.9 Å². The van der Waals surface area contributed by atoms with Gasteiger partial charge in [-0.25, -0.2) is 4.79 Å². The summed E-state index contributed by atoms with van der Waals surface area (Å²) in [4.78, 5) is 25.7. The van der Waals surface area contributed by atoms with Gasteiger partial charge >= 0.3 is 6.09 Å². The number of hydrogen-bond acceptors (Lipinski definition) is 3. The Morgan fingerprint density at radius 3 is 2.45 bits per heavy atom. The molecule has 2 bridgehead atoms. The van der Waals surface area contributed by atoms with Gasteiger partial charge in [-0.15, -0.1) is 0 Å². The summed E-state index contributed by atoms with van der Waals surface area (Å²) in [5, 5.41) is 0. The van der Waals surface area contributed by atoms with Crippen LogP contribution in [0, 0.1) is 0 Å². The molecule has 4 heteroatoms. The Morgan fingerprint density at radius 1 is 1.15 bits per heavy atom. The van der Waals surface area contributed by atoms with Gasteiger partial charge in [0.2, 0.25) is 0 Å². The van der Waals surface area contributed by atoms with Crippen LogP contribution in [0.5, 0.6) is 0 Å². The Kier molecular flexibility index (Phi) is 3.72. The minimum absolute atomic E-state index is 0.0540. The predicted octanol–water partition coefficient (Wildman–Crippen LogP) is 2.91. The molecule has 0 N–H and O–H groups in total. The van der Waals surface area contributed by atoms with E-state index in [2.05, 4.69) is 0 Å². The molecule has 2 aliphatic heterocycles. The lowest BCUT2D eigenvalue weighted by Gasteiger charge is -2.44. The van der Waals surface area contributed by atoms with E-state index in [1.807, 2.05) is 35.2 Å². The van der Waals surface area contributed by atoms with E-state index in [0.29, 0.717) is 19.4 Å². The summed E-state index contributed by atoms with van der Waals surface area (Å²) in [7, 11) is 0. The molecule has 2 fully saturated rings. The molecule has 20 heavy (non-hydrogen) atoms. The maximum Gasteiger partial charge on any atom is 0.410 e. The number of benzene rings is 1. The van der Waals surface area contributed by atoms with E-state index in [1.165, 1.54) is 0 Å². The van der Waals surface area contributed by atoms with Gasteiger partial charge in [-0.05, 0) is 24.8 Å². The number of carbonyl (C=O) groups is 2. The number of amides is 1. The average molecular weight is 273 g/mol. The van der Waals surface area contributed by atoms with Crippen LogP contribution in [0.2, 0.25) is 0 Å².